The Hall–Kier alpha value is -2.41. The lowest BCUT2D eigenvalue weighted by molar-refractivity contribution is -0.118. The smallest absolute Gasteiger partial charge is 0.262 e. The number of hydrogen-bond acceptors (Lipinski definition) is 4. The molecular weight excluding hydrogens is 515 g/mol. The molecular formula is C24H23BrCl2N2O3. The molecule has 8 heteroatoms. The van der Waals surface area contributed by atoms with Gasteiger partial charge in [0.1, 0.15) is 0 Å². The molecule has 32 heavy (non-hydrogen) atoms. The first kappa shape index (κ1) is 24.2. The molecule has 0 saturated carbocycles. The summed E-state index contributed by atoms with van der Waals surface area (Å²) in [4.78, 5) is 12.3. The highest BCUT2D eigenvalue weighted by Gasteiger charge is 2.13. The van der Waals surface area contributed by atoms with Crippen LogP contribution in [0.25, 0.3) is 0 Å². The van der Waals surface area contributed by atoms with Gasteiger partial charge in [-0.15, -0.1) is 0 Å². The van der Waals surface area contributed by atoms with Crippen LogP contribution in [0.3, 0.4) is 0 Å². The number of hydrogen-bond donors (Lipinski definition) is 2. The van der Waals surface area contributed by atoms with E-state index in [1.807, 2.05) is 50.2 Å². The van der Waals surface area contributed by atoms with Crippen LogP contribution in [0.1, 0.15) is 18.1 Å². The lowest BCUT2D eigenvalue weighted by Crippen LogP contribution is -2.20. The van der Waals surface area contributed by atoms with Crippen molar-refractivity contribution in [1.82, 2.24) is 0 Å². The van der Waals surface area contributed by atoms with E-state index >= 15 is 0 Å². The van der Waals surface area contributed by atoms with Crippen LogP contribution >= 0.6 is 39.1 Å². The van der Waals surface area contributed by atoms with Crippen molar-refractivity contribution >= 4 is 56.4 Å². The molecule has 2 N–H and O–H groups in total. The maximum atomic E-state index is 12.3. The van der Waals surface area contributed by atoms with Crippen LogP contribution < -0.4 is 20.1 Å². The van der Waals surface area contributed by atoms with Crippen molar-refractivity contribution in [1.29, 1.82) is 0 Å². The van der Waals surface area contributed by atoms with Crippen molar-refractivity contribution < 1.29 is 14.3 Å². The number of carbonyl (C=O) groups excluding carboxylic acids is 1. The van der Waals surface area contributed by atoms with Gasteiger partial charge in [0.2, 0.25) is 0 Å². The van der Waals surface area contributed by atoms with Gasteiger partial charge in [-0.25, -0.2) is 0 Å². The minimum Gasteiger partial charge on any atom is -0.490 e. The first-order chi connectivity index (χ1) is 15.4. The molecule has 0 spiro atoms. The van der Waals surface area contributed by atoms with Gasteiger partial charge in [-0.2, -0.15) is 0 Å². The highest BCUT2D eigenvalue weighted by Crippen LogP contribution is 2.35. The topological polar surface area (TPSA) is 59.6 Å². The van der Waals surface area contributed by atoms with Gasteiger partial charge >= 0.3 is 0 Å². The fraction of sp³-hybridized carbons (Fsp3) is 0.208. The zero-order valence-electron chi connectivity index (χ0n) is 17.7. The van der Waals surface area contributed by atoms with Crippen molar-refractivity contribution in [3.63, 3.8) is 0 Å². The van der Waals surface area contributed by atoms with E-state index in [2.05, 4.69) is 26.6 Å². The van der Waals surface area contributed by atoms with E-state index < -0.39 is 0 Å². The molecule has 0 unspecified atom stereocenters. The Morgan fingerprint density at radius 1 is 1.00 bits per heavy atom. The van der Waals surface area contributed by atoms with Gasteiger partial charge in [-0.3, -0.25) is 4.79 Å². The summed E-state index contributed by atoms with van der Waals surface area (Å²) < 4.78 is 12.3. The number of aryl methyl sites for hydroxylation is 1. The SMILES string of the molecule is CCOc1cc(CNc2ccc(Cl)cc2Cl)c(Br)cc1OCC(=O)Nc1ccc(C)cc1. The summed E-state index contributed by atoms with van der Waals surface area (Å²) in [6, 6.07) is 16.5. The zero-order valence-corrected chi connectivity index (χ0v) is 20.8. The fourth-order valence-corrected chi connectivity index (χ4v) is 3.83. The fourth-order valence-electron chi connectivity index (χ4n) is 2.89. The Balaban J connectivity index is 1.67. The summed E-state index contributed by atoms with van der Waals surface area (Å²) in [5.41, 5.74) is 3.56. The molecule has 5 nitrogen and oxygen atoms in total. The lowest BCUT2D eigenvalue weighted by atomic mass is 10.2. The third-order valence-electron chi connectivity index (χ3n) is 4.51. The first-order valence-electron chi connectivity index (χ1n) is 9.99. The van der Waals surface area contributed by atoms with Gasteiger partial charge in [-0.1, -0.05) is 56.8 Å². The second-order valence-electron chi connectivity index (χ2n) is 7.00. The Morgan fingerprint density at radius 2 is 1.72 bits per heavy atom. The molecule has 0 heterocycles. The number of halogens is 3. The summed E-state index contributed by atoms with van der Waals surface area (Å²) >= 11 is 15.8. The van der Waals surface area contributed by atoms with Gasteiger partial charge in [0.05, 0.1) is 17.3 Å². The lowest BCUT2D eigenvalue weighted by Gasteiger charge is -2.16. The van der Waals surface area contributed by atoms with Gasteiger partial charge in [-0.05, 0) is 61.9 Å². The van der Waals surface area contributed by atoms with Crippen molar-refractivity contribution in [3.8, 4) is 11.5 Å². The highest BCUT2D eigenvalue weighted by molar-refractivity contribution is 9.10. The van der Waals surface area contributed by atoms with Crippen LogP contribution in [0.5, 0.6) is 11.5 Å². The second-order valence-corrected chi connectivity index (χ2v) is 8.70. The van der Waals surface area contributed by atoms with E-state index in [1.165, 1.54) is 0 Å². The summed E-state index contributed by atoms with van der Waals surface area (Å²) in [5, 5.41) is 7.22. The number of carbonyl (C=O) groups is 1. The van der Waals surface area contributed by atoms with Gasteiger partial charge in [0.25, 0.3) is 5.91 Å². The van der Waals surface area contributed by atoms with E-state index in [0.29, 0.717) is 34.7 Å². The van der Waals surface area contributed by atoms with Crippen LogP contribution in [-0.4, -0.2) is 19.1 Å². The number of nitrogens with one attached hydrogen (secondary N) is 2. The molecule has 3 rings (SSSR count). The molecule has 0 aliphatic carbocycles. The number of rotatable bonds is 9. The minimum absolute atomic E-state index is 0.141. The molecule has 0 saturated heterocycles. The maximum absolute atomic E-state index is 12.3. The van der Waals surface area contributed by atoms with Crippen molar-refractivity contribution in [3.05, 3.63) is 80.2 Å². The molecule has 0 fully saturated rings. The van der Waals surface area contributed by atoms with Crippen molar-refractivity contribution in [2.45, 2.75) is 20.4 Å². The third-order valence-corrected chi connectivity index (χ3v) is 5.79. The molecule has 0 atom stereocenters. The summed E-state index contributed by atoms with van der Waals surface area (Å²) in [5.74, 6) is 0.777. The Morgan fingerprint density at radius 3 is 2.41 bits per heavy atom. The molecule has 3 aromatic carbocycles. The quantitative estimate of drug-likeness (QED) is 0.306. The molecule has 168 valence electrons. The Kier molecular flexibility index (Phi) is 8.67. The van der Waals surface area contributed by atoms with Gasteiger partial charge < -0.3 is 20.1 Å². The predicted molar refractivity (Wildman–Crippen MR) is 134 cm³/mol. The normalized spacial score (nSPS) is 10.5. The van der Waals surface area contributed by atoms with Crippen molar-refractivity contribution in [2.24, 2.45) is 0 Å². The number of benzene rings is 3. The first-order valence-corrected chi connectivity index (χ1v) is 11.5. The Bertz CT molecular complexity index is 1090. The third kappa shape index (κ3) is 6.79. The molecule has 0 aromatic heterocycles. The average molecular weight is 538 g/mol. The summed E-state index contributed by atoms with van der Waals surface area (Å²) in [7, 11) is 0. The highest BCUT2D eigenvalue weighted by atomic mass is 79.9. The van der Waals surface area contributed by atoms with E-state index in [9.17, 15) is 4.79 Å². The van der Waals surface area contributed by atoms with E-state index in [0.717, 1.165) is 27.0 Å². The van der Waals surface area contributed by atoms with Gasteiger partial charge in [0, 0.05) is 21.7 Å². The molecule has 3 aromatic rings. The molecule has 0 radical (unpaired) electrons. The Labute approximate surface area is 206 Å². The number of amides is 1. The second kappa shape index (κ2) is 11.5. The summed E-state index contributed by atoms with van der Waals surface area (Å²) in [6.45, 7) is 4.70. The van der Waals surface area contributed by atoms with Crippen LogP contribution in [0, 0.1) is 6.92 Å². The number of ether oxygens (including phenoxy) is 2. The predicted octanol–water partition coefficient (Wildman–Crippen LogP) is 7.09. The average Bonchev–Trinajstić information content (AvgIpc) is 2.75. The largest absolute Gasteiger partial charge is 0.490 e. The molecule has 1 amide bonds. The van der Waals surface area contributed by atoms with E-state index in [-0.39, 0.29) is 12.5 Å². The van der Waals surface area contributed by atoms with Crippen LogP contribution in [0.2, 0.25) is 10.0 Å². The van der Waals surface area contributed by atoms with Crippen molar-refractivity contribution in [2.75, 3.05) is 23.8 Å². The molecule has 0 bridgehead atoms. The number of anilines is 2. The van der Waals surface area contributed by atoms with Crippen LogP contribution in [-0.2, 0) is 11.3 Å². The van der Waals surface area contributed by atoms with Gasteiger partial charge in [0.15, 0.2) is 18.1 Å². The molecule has 0 aliphatic heterocycles. The van der Waals surface area contributed by atoms with E-state index in [4.69, 9.17) is 32.7 Å². The zero-order chi connectivity index (χ0) is 23.1. The van der Waals surface area contributed by atoms with Crippen LogP contribution in [0.4, 0.5) is 11.4 Å². The standard InChI is InChI=1S/C24H23BrCl2N2O3/c1-3-31-22-10-16(13-28-21-9-6-17(26)11-20(21)27)19(25)12-23(22)32-14-24(30)29-18-7-4-15(2)5-8-18/h4-12,28H,3,13-14H2,1-2H3,(H,29,30). The van der Waals surface area contributed by atoms with E-state index in [1.54, 1.807) is 18.2 Å². The summed E-state index contributed by atoms with van der Waals surface area (Å²) in [6.07, 6.45) is 0. The minimum atomic E-state index is -0.254. The van der Waals surface area contributed by atoms with Crippen LogP contribution in [0.15, 0.2) is 59.1 Å². The maximum Gasteiger partial charge on any atom is 0.262 e. The monoisotopic (exact) mass is 536 g/mol. The molecule has 0 aliphatic rings.